The zero-order valence-electron chi connectivity index (χ0n) is 15.1. The number of amides is 1. The second kappa shape index (κ2) is 8.51. The molecule has 0 bridgehead atoms. The molecule has 1 fully saturated rings. The first kappa shape index (κ1) is 19.3. The smallest absolute Gasteiger partial charge is 0.255 e. The maximum absolute atomic E-state index is 12.6. The van der Waals surface area contributed by atoms with Crippen LogP contribution in [0.2, 0.25) is 0 Å². The monoisotopic (exact) mass is 390 g/mol. The van der Waals surface area contributed by atoms with Crippen LogP contribution in [0.3, 0.4) is 0 Å². The first-order valence-electron chi connectivity index (χ1n) is 8.73. The predicted octanol–water partition coefficient (Wildman–Crippen LogP) is 2.36. The third kappa shape index (κ3) is 4.65. The number of carbonyl (C=O) groups excluding carboxylic acids is 1. The van der Waals surface area contributed by atoms with E-state index in [2.05, 4.69) is 5.32 Å². The third-order valence-electron chi connectivity index (χ3n) is 4.13. The molecule has 144 valence electrons. The lowest BCUT2D eigenvalue weighted by Crippen LogP contribution is -2.40. The molecule has 1 aliphatic rings. The molecule has 1 saturated heterocycles. The summed E-state index contributed by atoms with van der Waals surface area (Å²) in [6.07, 6.45) is 0. The van der Waals surface area contributed by atoms with Crippen LogP contribution in [0.5, 0.6) is 5.75 Å². The summed E-state index contributed by atoms with van der Waals surface area (Å²) in [5, 5.41) is 2.76. The van der Waals surface area contributed by atoms with Crippen molar-refractivity contribution >= 4 is 21.6 Å². The molecule has 0 aliphatic carbocycles. The van der Waals surface area contributed by atoms with Gasteiger partial charge < -0.3 is 14.8 Å². The van der Waals surface area contributed by atoms with Gasteiger partial charge in [0.1, 0.15) is 5.75 Å². The SMILES string of the molecule is CCOc1cccc(C(=O)Nc2ccc(S(=O)(=O)N3CCOCC3)cc2)c1. The number of rotatable bonds is 6. The van der Waals surface area contributed by atoms with Gasteiger partial charge in [0.15, 0.2) is 0 Å². The van der Waals surface area contributed by atoms with E-state index in [4.69, 9.17) is 9.47 Å². The Kier molecular flexibility index (Phi) is 6.10. The predicted molar refractivity (Wildman–Crippen MR) is 102 cm³/mol. The second-order valence-electron chi connectivity index (χ2n) is 5.96. The molecule has 0 saturated carbocycles. The molecular weight excluding hydrogens is 368 g/mol. The molecule has 3 rings (SSSR count). The maximum Gasteiger partial charge on any atom is 0.255 e. The van der Waals surface area contributed by atoms with Crippen LogP contribution in [0.4, 0.5) is 5.69 Å². The topological polar surface area (TPSA) is 84.9 Å². The zero-order valence-corrected chi connectivity index (χ0v) is 15.9. The van der Waals surface area contributed by atoms with Gasteiger partial charge in [0.25, 0.3) is 5.91 Å². The highest BCUT2D eigenvalue weighted by atomic mass is 32.2. The van der Waals surface area contributed by atoms with Gasteiger partial charge in [0.2, 0.25) is 10.0 Å². The minimum Gasteiger partial charge on any atom is -0.494 e. The van der Waals surface area contributed by atoms with Gasteiger partial charge in [0, 0.05) is 24.3 Å². The van der Waals surface area contributed by atoms with Crippen LogP contribution < -0.4 is 10.1 Å². The number of carbonyl (C=O) groups is 1. The normalized spacial score (nSPS) is 15.3. The summed E-state index contributed by atoms with van der Waals surface area (Å²) in [6, 6.07) is 13.0. The molecule has 27 heavy (non-hydrogen) atoms. The number of hydrogen-bond acceptors (Lipinski definition) is 5. The van der Waals surface area contributed by atoms with Gasteiger partial charge >= 0.3 is 0 Å². The number of morpholine rings is 1. The van der Waals surface area contributed by atoms with E-state index in [0.29, 0.717) is 49.9 Å². The molecule has 0 spiro atoms. The Balaban J connectivity index is 1.70. The third-order valence-corrected chi connectivity index (χ3v) is 6.04. The Morgan fingerprint density at radius 2 is 1.85 bits per heavy atom. The van der Waals surface area contributed by atoms with Crippen molar-refractivity contribution in [3.63, 3.8) is 0 Å². The van der Waals surface area contributed by atoms with Crippen molar-refractivity contribution in [1.29, 1.82) is 0 Å². The maximum atomic E-state index is 12.6. The van der Waals surface area contributed by atoms with Gasteiger partial charge in [-0.05, 0) is 49.4 Å². The van der Waals surface area contributed by atoms with Crippen molar-refractivity contribution in [2.24, 2.45) is 0 Å². The molecule has 7 nitrogen and oxygen atoms in total. The number of hydrogen-bond donors (Lipinski definition) is 1. The fourth-order valence-electron chi connectivity index (χ4n) is 2.74. The lowest BCUT2D eigenvalue weighted by molar-refractivity contribution is 0.0730. The quantitative estimate of drug-likeness (QED) is 0.818. The fraction of sp³-hybridized carbons (Fsp3) is 0.316. The first-order valence-corrected chi connectivity index (χ1v) is 10.2. The van der Waals surface area contributed by atoms with Crippen molar-refractivity contribution in [3.8, 4) is 5.75 Å². The van der Waals surface area contributed by atoms with Gasteiger partial charge in [-0.2, -0.15) is 4.31 Å². The van der Waals surface area contributed by atoms with Crippen molar-refractivity contribution < 1.29 is 22.7 Å². The molecule has 1 heterocycles. The highest BCUT2D eigenvalue weighted by Crippen LogP contribution is 2.20. The second-order valence-corrected chi connectivity index (χ2v) is 7.89. The molecule has 2 aromatic rings. The molecule has 1 N–H and O–H groups in total. The van der Waals surface area contributed by atoms with Gasteiger partial charge in [-0.1, -0.05) is 6.07 Å². The summed E-state index contributed by atoms with van der Waals surface area (Å²) in [5.41, 5.74) is 0.980. The summed E-state index contributed by atoms with van der Waals surface area (Å²) in [7, 11) is -3.55. The summed E-state index contributed by atoms with van der Waals surface area (Å²) in [6.45, 7) is 3.87. The Morgan fingerprint density at radius 3 is 2.52 bits per heavy atom. The largest absolute Gasteiger partial charge is 0.494 e. The van der Waals surface area contributed by atoms with Crippen LogP contribution in [-0.2, 0) is 14.8 Å². The highest BCUT2D eigenvalue weighted by Gasteiger charge is 2.26. The summed E-state index contributed by atoms with van der Waals surface area (Å²) >= 11 is 0. The molecule has 1 aliphatic heterocycles. The average molecular weight is 390 g/mol. The summed E-state index contributed by atoms with van der Waals surface area (Å²) < 4.78 is 37.2. The van der Waals surface area contributed by atoms with E-state index < -0.39 is 10.0 Å². The molecule has 0 unspecified atom stereocenters. The van der Waals surface area contributed by atoms with Crippen molar-refractivity contribution in [2.45, 2.75) is 11.8 Å². The van der Waals surface area contributed by atoms with Crippen LogP contribution in [0.15, 0.2) is 53.4 Å². The number of nitrogens with zero attached hydrogens (tertiary/aromatic N) is 1. The lowest BCUT2D eigenvalue weighted by atomic mass is 10.2. The molecule has 1 amide bonds. The summed E-state index contributed by atoms with van der Waals surface area (Å²) in [5.74, 6) is 0.331. The number of nitrogens with one attached hydrogen (secondary N) is 1. The Labute approximate surface area is 158 Å². The van der Waals surface area contributed by atoms with E-state index in [-0.39, 0.29) is 10.8 Å². The van der Waals surface area contributed by atoms with Crippen molar-refractivity contribution in [3.05, 3.63) is 54.1 Å². The number of benzene rings is 2. The average Bonchev–Trinajstić information content (AvgIpc) is 2.69. The van der Waals surface area contributed by atoms with Gasteiger partial charge in [-0.15, -0.1) is 0 Å². The minimum atomic E-state index is -3.55. The van der Waals surface area contributed by atoms with E-state index >= 15 is 0 Å². The highest BCUT2D eigenvalue weighted by molar-refractivity contribution is 7.89. The zero-order chi connectivity index (χ0) is 19.3. The van der Waals surface area contributed by atoms with Crippen LogP contribution >= 0.6 is 0 Å². The Bertz CT molecular complexity index is 891. The van der Waals surface area contributed by atoms with E-state index in [9.17, 15) is 13.2 Å². The van der Waals surface area contributed by atoms with Crippen molar-refractivity contribution in [2.75, 3.05) is 38.2 Å². The van der Waals surface area contributed by atoms with E-state index in [1.54, 1.807) is 36.4 Å². The molecular formula is C19H22N2O5S. The van der Waals surface area contributed by atoms with Crippen molar-refractivity contribution in [1.82, 2.24) is 4.31 Å². The van der Waals surface area contributed by atoms with Gasteiger partial charge in [-0.3, -0.25) is 4.79 Å². The first-order chi connectivity index (χ1) is 13.0. The van der Waals surface area contributed by atoms with E-state index in [0.717, 1.165) is 0 Å². The molecule has 0 aromatic heterocycles. The molecule has 0 radical (unpaired) electrons. The lowest BCUT2D eigenvalue weighted by Gasteiger charge is -2.26. The number of anilines is 1. The molecule has 2 aromatic carbocycles. The number of sulfonamides is 1. The Hall–Kier alpha value is -2.42. The van der Waals surface area contributed by atoms with Gasteiger partial charge in [0.05, 0.1) is 24.7 Å². The summed E-state index contributed by atoms with van der Waals surface area (Å²) in [4.78, 5) is 12.6. The minimum absolute atomic E-state index is 0.195. The van der Waals surface area contributed by atoms with Crippen LogP contribution in [-0.4, -0.2) is 51.5 Å². The molecule has 8 heteroatoms. The Morgan fingerprint density at radius 1 is 1.15 bits per heavy atom. The molecule has 0 atom stereocenters. The van der Waals surface area contributed by atoms with E-state index in [1.807, 2.05) is 6.92 Å². The van der Waals surface area contributed by atoms with Crippen LogP contribution in [0.25, 0.3) is 0 Å². The van der Waals surface area contributed by atoms with Gasteiger partial charge in [-0.25, -0.2) is 8.42 Å². The standard InChI is InChI=1S/C19H22N2O5S/c1-2-26-17-5-3-4-15(14-17)19(22)20-16-6-8-18(9-7-16)27(23,24)21-10-12-25-13-11-21/h3-9,14H,2,10-13H2,1H3,(H,20,22). The number of ether oxygens (including phenoxy) is 2. The van der Waals surface area contributed by atoms with Crippen LogP contribution in [0.1, 0.15) is 17.3 Å². The fourth-order valence-corrected chi connectivity index (χ4v) is 4.15. The van der Waals surface area contributed by atoms with E-state index in [1.165, 1.54) is 16.4 Å². The van der Waals surface area contributed by atoms with Crippen LogP contribution in [0, 0.1) is 0 Å².